The predicted molar refractivity (Wildman–Crippen MR) is 74.1 cm³/mol. The Bertz CT molecular complexity index is 429. The number of anilines is 1. The molecule has 0 unspecified atom stereocenters. The molecule has 2 N–H and O–H groups in total. The van der Waals surface area contributed by atoms with Crippen LogP contribution in [0.5, 0.6) is 0 Å². The van der Waals surface area contributed by atoms with Crippen LogP contribution in [0.15, 0.2) is 24.3 Å². The van der Waals surface area contributed by atoms with E-state index in [0.29, 0.717) is 13.0 Å². The van der Waals surface area contributed by atoms with Gasteiger partial charge in [0.25, 0.3) is 5.69 Å². The zero-order valence-electron chi connectivity index (χ0n) is 11.2. The number of carbonyl (C=O) groups excluding carboxylic acids is 1. The van der Waals surface area contributed by atoms with E-state index in [1.165, 1.54) is 12.1 Å². The Morgan fingerprint density at radius 2 is 1.95 bits per heavy atom. The van der Waals surface area contributed by atoms with Crippen molar-refractivity contribution in [2.24, 2.45) is 0 Å². The van der Waals surface area contributed by atoms with Gasteiger partial charge in [0.05, 0.1) is 4.92 Å². The SMILES string of the molecule is CC(C)NC(=O)CCCNc1ccc([N+](=O)[O-])cc1. The lowest BCUT2D eigenvalue weighted by atomic mass is 10.2. The van der Waals surface area contributed by atoms with Crippen LogP contribution in [0.2, 0.25) is 0 Å². The fraction of sp³-hybridized carbons (Fsp3) is 0.462. The Balaban J connectivity index is 2.26. The number of benzene rings is 1. The molecule has 0 bridgehead atoms. The van der Waals surface area contributed by atoms with Crippen LogP contribution in [0.3, 0.4) is 0 Å². The third-order valence-corrected chi connectivity index (χ3v) is 2.44. The molecule has 104 valence electrons. The highest BCUT2D eigenvalue weighted by atomic mass is 16.6. The maximum absolute atomic E-state index is 11.4. The van der Waals surface area contributed by atoms with Crippen molar-refractivity contribution in [2.45, 2.75) is 32.7 Å². The summed E-state index contributed by atoms with van der Waals surface area (Å²) in [5, 5.41) is 16.4. The van der Waals surface area contributed by atoms with E-state index in [1.54, 1.807) is 12.1 Å². The first-order valence-electron chi connectivity index (χ1n) is 6.26. The molecule has 19 heavy (non-hydrogen) atoms. The lowest BCUT2D eigenvalue weighted by molar-refractivity contribution is -0.384. The Morgan fingerprint density at radius 1 is 1.32 bits per heavy atom. The summed E-state index contributed by atoms with van der Waals surface area (Å²) in [7, 11) is 0. The molecule has 0 aliphatic rings. The Morgan fingerprint density at radius 3 is 2.47 bits per heavy atom. The van der Waals surface area contributed by atoms with E-state index in [4.69, 9.17) is 0 Å². The second kappa shape index (κ2) is 7.35. The molecule has 1 aromatic rings. The van der Waals surface area contributed by atoms with Crippen LogP contribution in [-0.4, -0.2) is 23.4 Å². The molecule has 0 radical (unpaired) electrons. The number of nitrogens with one attached hydrogen (secondary N) is 2. The maximum Gasteiger partial charge on any atom is 0.269 e. The van der Waals surface area contributed by atoms with Crippen molar-refractivity contribution < 1.29 is 9.72 Å². The molecular formula is C13H19N3O3. The van der Waals surface area contributed by atoms with Crippen LogP contribution in [0.25, 0.3) is 0 Å². The summed E-state index contributed by atoms with van der Waals surface area (Å²) in [4.78, 5) is 21.4. The number of non-ortho nitro benzene ring substituents is 1. The Hall–Kier alpha value is -2.11. The quantitative estimate of drug-likeness (QED) is 0.450. The lowest BCUT2D eigenvalue weighted by Crippen LogP contribution is -2.30. The summed E-state index contributed by atoms with van der Waals surface area (Å²) in [5.41, 5.74) is 0.886. The number of carbonyl (C=O) groups is 1. The van der Waals surface area contributed by atoms with Crippen LogP contribution >= 0.6 is 0 Å². The third-order valence-electron chi connectivity index (χ3n) is 2.44. The number of rotatable bonds is 7. The molecule has 0 aromatic heterocycles. The van der Waals surface area contributed by atoms with E-state index in [2.05, 4.69) is 10.6 Å². The summed E-state index contributed by atoms with van der Waals surface area (Å²) in [6.07, 6.45) is 1.19. The topological polar surface area (TPSA) is 84.3 Å². The fourth-order valence-corrected chi connectivity index (χ4v) is 1.58. The number of nitro benzene ring substituents is 1. The largest absolute Gasteiger partial charge is 0.385 e. The molecular weight excluding hydrogens is 246 g/mol. The molecule has 1 rings (SSSR count). The fourth-order valence-electron chi connectivity index (χ4n) is 1.58. The van der Waals surface area contributed by atoms with Crippen LogP contribution in [0, 0.1) is 10.1 Å². The molecule has 0 saturated heterocycles. The molecule has 0 heterocycles. The zero-order chi connectivity index (χ0) is 14.3. The first kappa shape index (κ1) is 14.9. The van der Waals surface area contributed by atoms with Gasteiger partial charge in [-0.2, -0.15) is 0 Å². The highest BCUT2D eigenvalue weighted by Gasteiger charge is 2.04. The van der Waals surface area contributed by atoms with E-state index < -0.39 is 4.92 Å². The van der Waals surface area contributed by atoms with Gasteiger partial charge in [-0.1, -0.05) is 0 Å². The number of hydrogen-bond donors (Lipinski definition) is 2. The Labute approximate surface area is 112 Å². The zero-order valence-corrected chi connectivity index (χ0v) is 11.2. The van der Waals surface area contributed by atoms with E-state index in [9.17, 15) is 14.9 Å². The van der Waals surface area contributed by atoms with Crippen molar-refractivity contribution in [3.8, 4) is 0 Å². The maximum atomic E-state index is 11.4. The van der Waals surface area contributed by atoms with Gasteiger partial charge in [-0.25, -0.2) is 0 Å². The van der Waals surface area contributed by atoms with Gasteiger partial charge in [0, 0.05) is 36.8 Å². The lowest BCUT2D eigenvalue weighted by Gasteiger charge is -2.09. The van der Waals surface area contributed by atoms with Crippen molar-refractivity contribution in [3.63, 3.8) is 0 Å². The first-order valence-corrected chi connectivity index (χ1v) is 6.26. The van der Waals surface area contributed by atoms with Crippen molar-refractivity contribution >= 4 is 17.3 Å². The molecule has 0 aliphatic heterocycles. The minimum Gasteiger partial charge on any atom is -0.385 e. The minimum absolute atomic E-state index is 0.0421. The monoisotopic (exact) mass is 265 g/mol. The molecule has 0 spiro atoms. The van der Waals surface area contributed by atoms with Gasteiger partial charge in [0.1, 0.15) is 0 Å². The molecule has 6 nitrogen and oxygen atoms in total. The van der Waals surface area contributed by atoms with E-state index >= 15 is 0 Å². The summed E-state index contributed by atoms with van der Waals surface area (Å²) in [5.74, 6) is 0.0421. The average molecular weight is 265 g/mol. The number of hydrogen-bond acceptors (Lipinski definition) is 4. The molecule has 0 aliphatic carbocycles. The normalized spacial score (nSPS) is 10.3. The van der Waals surface area contributed by atoms with Crippen LogP contribution in [0.4, 0.5) is 11.4 Å². The van der Waals surface area contributed by atoms with Crippen molar-refractivity contribution in [1.29, 1.82) is 0 Å². The van der Waals surface area contributed by atoms with Gasteiger partial charge in [0.15, 0.2) is 0 Å². The van der Waals surface area contributed by atoms with Gasteiger partial charge in [0.2, 0.25) is 5.91 Å². The standard InChI is InChI=1S/C13H19N3O3/c1-10(2)15-13(17)4-3-9-14-11-5-7-12(8-6-11)16(18)19/h5-8,10,14H,3-4,9H2,1-2H3,(H,15,17). The van der Waals surface area contributed by atoms with Crippen molar-refractivity contribution in [2.75, 3.05) is 11.9 Å². The second-order valence-electron chi connectivity index (χ2n) is 4.56. The molecule has 1 amide bonds. The van der Waals surface area contributed by atoms with Gasteiger partial charge in [-0.05, 0) is 32.4 Å². The summed E-state index contributed by atoms with van der Waals surface area (Å²) in [6.45, 7) is 4.50. The summed E-state index contributed by atoms with van der Waals surface area (Å²) < 4.78 is 0. The highest BCUT2D eigenvalue weighted by Crippen LogP contribution is 2.15. The van der Waals surface area contributed by atoms with Gasteiger partial charge >= 0.3 is 0 Å². The van der Waals surface area contributed by atoms with Gasteiger partial charge in [-0.15, -0.1) is 0 Å². The third kappa shape index (κ3) is 5.85. The van der Waals surface area contributed by atoms with Gasteiger partial charge in [-0.3, -0.25) is 14.9 Å². The molecule has 6 heteroatoms. The van der Waals surface area contributed by atoms with E-state index in [-0.39, 0.29) is 17.6 Å². The van der Waals surface area contributed by atoms with Crippen molar-refractivity contribution in [3.05, 3.63) is 34.4 Å². The Kier molecular flexibility index (Phi) is 5.78. The predicted octanol–water partition coefficient (Wildman–Crippen LogP) is 2.31. The van der Waals surface area contributed by atoms with Crippen molar-refractivity contribution in [1.82, 2.24) is 5.32 Å². The highest BCUT2D eigenvalue weighted by molar-refractivity contribution is 5.76. The van der Waals surface area contributed by atoms with Gasteiger partial charge < -0.3 is 10.6 Å². The number of nitro groups is 1. The minimum atomic E-state index is -0.431. The smallest absolute Gasteiger partial charge is 0.269 e. The molecule has 0 fully saturated rings. The second-order valence-corrected chi connectivity index (χ2v) is 4.56. The van der Waals surface area contributed by atoms with E-state index in [1.807, 2.05) is 13.8 Å². The molecule has 1 aromatic carbocycles. The van der Waals surface area contributed by atoms with E-state index in [0.717, 1.165) is 12.1 Å². The average Bonchev–Trinajstić information content (AvgIpc) is 2.34. The first-order chi connectivity index (χ1) is 8.99. The molecule has 0 saturated carbocycles. The van der Waals surface area contributed by atoms with Crippen LogP contribution in [-0.2, 0) is 4.79 Å². The number of amides is 1. The van der Waals surface area contributed by atoms with Crippen LogP contribution in [0.1, 0.15) is 26.7 Å². The molecule has 0 atom stereocenters. The summed E-state index contributed by atoms with van der Waals surface area (Å²) in [6, 6.07) is 6.38. The number of nitrogens with zero attached hydrogens (tertiary/aromatic N) is 1. The summed E-state index contributed by atoms with van der Waals surface area (Å²) >= 11 is 0. The van der Waals surface area contributed by atoms with Crippen LogP contribution < -0.4 is 10.6 Å².